The summed E-state index contributed by atoms with van der Waals surface area (Å²) in [6.07, 6.45) is 4.10. The summed E-state index contributed by atoms with van der Waals surface area (Å²) < 4.78 is 12.4. The average Bonchev–Trinajstić information content (AvgIpc) is 2.71. The van der Waals surface area contributed by atoms with Gasteiger partial charge in [-0.15, -0.1) is 0 Å². The normalized spacial score (nSPS) is 10.5. The third-order valence-corrected chi connectivity index (χ3v) is 4.64. The number of aromatic nitrogens is 2. The van der Waals surface area contributed by atoms with Gasteiger partial charge in [-0.25, -0.2) is 4.99 Å². The molecule has 0 aliphatic carbocycles. The van der Waals surface area contributed by atoms with Gasteiger partial charge in [-0.1, -0.05) is 29.3 Å². The van der Waals surface area contributed by atoms with E-state index in [1.165, 1.54) is 25.4 Å². The van der Waals surface area contributed by atoms with Crippen LogP contribution in [0.2, 0.25) is 10.0 Å². The summed E-state index contributed by atoms with van der Waals surface area (Å²) in [4.78, 5) is 16.5. The van der Waals surface area contributed by atoms with Crippen LogP contribution in [-0.2, 0) is 6.42 Å². The first-order chi connectivity index (χ1) is 14.4. The monoisotopic (exact) mass is 449 g/mol. The Labute approximate surface area is 181 Å². The van der Waals surface area contributed by atoms with Crippen LogP contribution in [0.25, 0.3) is 0 Å². The Morgan fingerprint density at radius 3 is 2.60 bits per heavy atom. The number of hydrogen-bond acceptors (Lipinski definition) is 5. The number of rotatable bonds is 6. The zero-order chi connectivity index (χ0) is 21.7. The van der Waals surface area contributed by atoms with Gasteiger partial charge in [-0.2, -0.15) is 9.46 Å². The van der Waals surface area contributed by atoms with Crippen molar-refractivity contribution in [2.75, 3.05) is 13.7 Å². The van der Waals surface area contributed by atoms with E-state index < -0.39 is 5.91 Å². The molecule has 0 aliphatic rings. The van der Waals surface area contributed by atoms with Crippen LogP contribution in [0.4, 0.5) is 0 Å². The molecule has 0 aliphatic heterocycles. The molecule has 1 N–H and O–H groups in total. The van der Waals surface area contributed by atoms with Gasteiger partial charge in [0.05, 0.1) is 42.6 Å². The Hall–Kier alpha value is -3.23. The molecule has 1 aromatic carbocycles. The zero-order valence-electron chi connectivity index (χ0n) is 15.8. The van der Waals surface area contributed by atoms with Crippen molar-refractivity contribution in [2.45, 2.75) is 6.42 Å². The summed E-state index contributed by atoms with van der Waals surface area (Å²) in [5.41, 5.74) is 0.769. The second-order valence-corrected chi connectivity index (χ2v) is 6.90. The summed E-state index contributed by atoms with van der Waals surface area (Å²) in [6.45, 7) is 0.199. The van der Waals surface area contributed by atoms with Crippen LogP contribution in [0.5, 0.6) is 11.5 Å². The van der Waals surface area contributed by atoms with Gasteiger partial charge in [0, 0.05) is 17.7 Å². The van der Waals surface area contributed by atoms with E-state index in [-0.39, 0.29) is 27.6 Å². The van der Waals surface area contributed by atoms with Crippen LogP contribution >= 0.6 is 23.2 Å². The number of nitrogens with zero attached hydrogens (tertiary/aromatic N) is 3. The van der Waals surface area contributed by atoms with Crippen molar-refractivity contribution in [3.63, 3.8) is 0 Å². The van der Waals surface area contributed by atoms with E-state index in [0.29, 0.717) is 28.3 Å². The molecule has 0 unspecified atom stereocenters. The fourth-order valence-electron chi connectivity index (χ4n) is 2.62. The second kappa shape index (κ2) is 9.51. The number of carbonyl (C=O) groups excluding carboxylic acids is 1. The van der Waals surface area contributed by atoms with Gasteiger partial charge in [0.2, 0.25) is 0 Å². The van der Waals surface area contributed by atoms with E-state index in [1.807, 2.05) is 0 Å². The highest BCUT2D eigenvalue weighted by molar-refractivity contribution is 6.34. The Morgan fingerprint density at radius 1 is 1.20 bits per heavy atom. The topological polar surface area (TPSA) is 100.0 Å². The van der Waals surface area contributed by atoms with Crippen molar-refractivity contribution in [1.82, 2.24) is 4.73 Å². The lowest BCUT2D eigenvalue weighted by Crippen LogP contribution is -2.31. The number of hydrogen-bond donors (Lipinski definition) is 1. The summed E-state index contributed by atoms with van der Waals surface area (Å²) in [5, 5.41) is 21.2. The van der Waals surface area contributed by atoms with Crippen LogP contribution in [0.1, 0.15) is 16.1 Å². The van der Waals surface area contributed by atoms with Crippen molar-refractivity contribution in [3.05, 3.63) is 86.9 Å². The van der Waals surface area contributed by atoms with Crippen LogP contribution in [0, 0.1) is 5.21 Å². The van der Waals surface area contributed by atoms with Crippen molar-refractivity contribution in [3.8, 4) is 11.5 Å². The van der Waals surface area contributed by atoms with Crippen LogP contribution in [-0.4, -0.2) is 29.6 Å². The largest absolute Gasteiger partial charge is 0.619 e. The first-order valence-corrected chi connectivity index (χ1v) is 9.48. The lowest BCUT2D eigenvalue weighted by atomic mass is 10.2. The molecule has 0 bridgehead atoms. The highest BCUT2D eigenvalue weighted by atomic mass is 35.5. The molecular weight excluding hydrogens is 433 g/mol. The number of pyridine rings is 2. The van der Waals surface area contributed by atoms with E-state index >= 15 is 0 Å². The molecule has 0 saturated heterocycles. The van der Waals surface area contributed by atoms with Gasteiger partial charge >= 0.3 is 0 Å². The molecule has 0 atom stereocenters. The second-order valence-electron chi connectivity index (χ2n) is 6.08. The van der Waals surface area contributed by atoms with E-state index in [1.54, 1.807) is 24.3 Å². The first-order valence-electron chi connectivity index (χ1n) is 8.72. The van der Waals surface area contributed by atoms with Crippen LogP contribution < -0.4 is 19.6 Å². The standard InChI is InChI=1S/C20H17Cl2N3O5/c1-29-17-6-5-13(20(26)23-19-15(21)11-24(27)12-16(19)22)10-18(17)30-9-7-14-4-2-3-8-25(14)28/h2-6,8,10-12,27H,7,9H2,1H3. The minimum atomic E-state index is -0.609. The van der Waals surface area contributed by atoms with Crippen molar-refractivity contribution in [1.29, 1.82) is 0 Å². The highest BCUT2D eigenvalue weighted by Gasteiger charge is 2.13. The van der Waals surface area contributed by atoms with Crippen LogP contribution in [0.15, 0.2) is 60.0 Å². The minimum Gasteiger partial charge on any atom is -0.619 e. The van der Waals surface area contributed by atoms with Crippen molar-refractivity contribution < 1.29 is 24.2 Å². The molecule has 0 spiro atoms. The molecule has 2 aromatic heterocycles. The molecule has 30 heavy (non-hydrogen) atoms. The maximum atomic E-state index is 12.6. The van der Waals surface area contributed by atoms with Gasteiger partial charge in [0.25, 0.3) is 5.91 Å². The van der Waals surface area contributed by atoms with Crippen molar-refractivity contribution >= 4 is 29.1 Å². The van der Waals surface area contributed by atoms with E-state index in [9.17, 15) is 15.2 Å². The summed E-state index contributed by atoms with van der Waals surface area (Å²) in [6, 6.07) is 9.70. The predicted molar refractivity (Wildman–Crippen MR) is 109 cm³/mol. The fourth-order valence-corrected chi connectivity index (χ4v) is 3.16. The molecular formula is C20H17Cl2N3O5. The van der Waals surface area contributed by atoms with Gasteiger partial charge in [-0.05, 0) is 18.2 Å². The summed E-state index contributed by atoms with van der Waals surface area (Å²) in [7, 11) is 1.48. The van der Waals surface area contributed by atoms with Crippen molar-refractivity contribution in [2.24, 2.45) is 4.99 Å². The first kappa shape index (κ1) is 21.5. The number of ether oxygens (including phenoxy) is 2. The molecule has 3 aromatic rings. The smallest absolute Gasteiger partial charge is 0.277 e. The molecule has 3 rings (SSSR count). The Morgan fingerprint density at radius 2 is 1.93 bits per heavy atom. The zero-order valence-corrected chi connectivity index (χ0v) is 17.3. The number of methoxy groups -OCH3 is 1. The maximum Gasteiger partial charge on any atom is 0.277 e. The molecule has 0 radical (unpaired) electrons. The maximum absolute atomic E-state index is 12.6. The molecule has 1 amide bonds. The van der Waals surface area contributed by atoms with E-state index in [0.717, 1.165) is 17.1 Å². The SMILES string of the molecule is COc1ccc(C(=O)N=c2c(Cl)cn(O)cc2Cl)cc1OCCc1cccc[n+]1[O-]. The van der Waals surface area contributed by atoms with Gasteiger partial charge in [0.1, 0.15) is 5.36 Å². The number of benzene rings is 1. The average molecular weight is 450 g/mol. The van der Waals surface area contributed by atoms with E-state index in [4.69, 9.17) is 32.7 Å². The molecule has 2 heterocycles. The molecule has 0 saturated carbocycles. The molecule has 10 heteroatoms. The number of carbonyl (C=O) groups is 1. The third-order valence-electron chi connectivity index (χ3n) is 4.09. The summed E-state index contributed by atoms with van der Waals surface area (Å²) in [5.74, 6) is 0.138. The predicted octanol–water partition coefficient (Wildman–Crippen LogP) is 3.04. The minimum absolute atomic E-state index is 0.0112. The Bertz CT molecular complexity index is 1120. The lowest BCUT2D eigenvalue weighted by molar-refractivity contribution is -0.614. The number of halogens is 2. The molecule has 156 valence electrons. The molecule has 8 nitrogen and oxygen atoms in total. The van der Waals surface area contributed by atoms with Gasteiger partial charge in [0.15, 0.2) is 23.4 Å². The third kappa shape index (κ3) is 5.03. The van der Waals surface area contributed by atoms with Crippen LogP contribution in [0.3, 0.4) is 0 Å². The van der Waals surface area contributed by atoms with Gasteiger partial charge < -0.3 is 19.9 Å². The number of amides is 1. The Kier molecular flexibility index (Phi) is 6.81. The Balaban J connectivity index is 1.83. The summed E-state index contributed by atoms with van der Waals surface area (Å²) >= 11 is 12.0. The molecule has 0 fully saturated rings. The quantitative estimate of drug-likeness (QED) is 0.354. The fraction of sp³-hybridized carbons (Fsp3) is 0.150. The highest BCUT2D eigenvalue weighted by Crippen LogP contribution is 2.28. The van der Waals surface area contributed by atoms with Gasteiger partial charge in [-0.3, -0.25) is 4.79 Å². The van der Waals surface area contributed by atoms with E-state index in [2.05, 4.69) is 4.99 Å². The lowest BCUT2D eigenvalue weighted by Gasteiger charge is -2.11.